The predicted molar refractivity (Wildman–Crippen MR) is 70.7 cm³/mol. The molecule has 1 aliphatic rings. The maximum atomic E-state index is 12.0. The Kier molecular flexibility index (Phi) is 4.87. The molecular weight excluding hydrogens is 228 g/mol. The van der Waals surface area contributed by atoms with E-state index in [0.29, 0.717) is 6.54 Å². The van der Waals surface area contributed by atoms with Crippen molar-refractivity contribution < 1.29 is 9.90 Å². The van der Waals surface area contributed by atoms with Crippen molar-refractivity contribution in [2.45, 2.75) is 0 Å². The van der Waals surface area contributed by atoms with Gasteiger partial charge >= 0.3 is 0 Å². The monoisotopic (exact) mass is 248 g/mol. The van der Waals surface area contributed by atoms with E-state index in [1.807, 2.05) is 30.3 Å². The minimum Gasteiger partial charge on any atom is -0.395 e. The molecule has 0 bridgehead atoms. The molecule has 0 unspecified atom stereocenters. The van der Waals surface area contributed by atoms with Gasteiger partial charge in [0.25, 0.3) is 0 Å². The van der Waals surface area contributed by atoms with Crippen LogP contribution in [0.1, 0.15) is 10.4 Å². The van der Waals surface area contributed by atoms with Gasteiger partial charge in [-0.1, -0.05) is 30.3 Å². The van der Waals surface area contributed by atoms with Crippen molar-refractivity contribution in [1.29, 1.82) is 0 Å². The largest absolute Gasteiger partial charge is 0.395 e. The van der Waals surface area contributed by atoms with Crippen LogP contribution in [0.15, 0.2) is 30.3 Å². The van der Waals surface area contributed by atoms with Crippen molar-refractivity contribution in [3.63, 3.8) is 0 Å². The Bertz CT molecular complexity index is 373. The molecule has 1 heterocycles. The number of rotatable bonds is 5. The molecule has 0 aromatic heterocycles. The lowest BCUT2D eigenvalue weighted by atomic mass is 10.1. The third-order valence-corrected chi connectivity index (χ3v) is 3.34. The number of aliphatic hydroxyl groups excluding tert-OH is 1. The van der Waals surface area contributed by atoms with Crippen molar-refractivity contribution in [3.8, 4) is 0 Å². The molecular formula is C14H20N2O2. The van der Waals surface area contributed by atoms with Crippen LogP contribution in [0.2, 0.25) is 0 Å². The first-order chi connectivity index (χ1) is 8.79. The predicted octanol–water partition coefficient (Wildman–Crippen LogP) is 0.479. The summed E-state index contributed by atoms with van der Waals surface area (Å²) in [6.45, 7) is 5.11. The Balaban J connectivity index is 1.80. The second-order valence-corrected chi connectivity index (χ2v) is 4.63. The third kappa shape index (κ3) is 3.63. The minimum absolute atomic E-state index is 0.186. The van der Waals surface area contributed by atoms with Crippen molar-refractivity contribution >= 4 is 5.78 Å². The molecule has 1 aromatic rings. The zero-order valence-electron chi connectivity index (χ0n) is 10.6. The van der Waals surface area contributed by atoms with E-state index in [9.17, 15) is 4.79 Å². The Morgan fingerprint density at radius 2 is 1.67 bits per heavy atom. The van der Waals surface area contributed by atoms with Crippen molar-refractivity contribution in [3.05, 3.63) is 35.9 Å². The third-order valence-electron chi connectivity index (χ3n) is 3.34. The van der Waals surface area contributed by atoms with Crippen molar-refractivity contribution in [2.75, 3.05) is 45.9 Å². The SMILES string of the molecule is O=C(CN1CCN(CCO)CC1)c1ccccc1. The highest BCUT2D eigenvalue weighted by molar-refractivity contribution is 5.97. The first-order valence-corrected chi connectivity index (χ1v) is 6.43. The molecule has 1 N–H and O–H groups in total. The van der Waals surface area contributed by atoms with Crippen LogP contribution in [-0.2, 0) is 0 Å². The van der Waals surface area contributed by atoms with Gasteiger partial charge in [-0.05, 0) is 0 Å². The zero-order valence-corrected chi connectivity index (χ0v) is 10.6. The smallest absolute Gasteiger partial charge is 0.176 e. The van der Waals surface area contributed by atoms with Crippen molar-refractivity contribution in [2.24, 2.45) is 0 Å². The van der Waals surface area contributed by atoms with Crippen LogP contribution in [0, 0.1) is 0 Å². The van der Waals surface area contributed by atoms with Crippen LogP contribution in [0.25, 0.3) is 0 Å². The molecule has 18 heavy (non-hydrogen) atoms. The average molecular weight is 248 g/mol. The van der Waals surface area contributed by atoms with Gasteiger partial charge in [-0.2, -0.15) is 0 Å². The van der Waals surface area contributed by atoms with Gasteiger partial charge in [0.05, 0.1) is 13.2 Å². The number of nitrogens with zero attached hydrogens (tertiary/aromatic N) is 2. The second-order valence-electron chi connectivity index (χ2n) is 4.63. The topological polar surface area (TPSA) is 43.8 Å². The lowest BCUT2D eigenvalue weighted by Gasteiger charge is -2.33. The van der Waals surface area contributed by atoms with Crippen LogP contribution < -0.4 is 0 Å². The highest BCUT2D eigenvalue weighted by Gasteiger charge is 2.18. The van der Waals surface area contributed by atoms with Gasteiger partial charge in [-0.3, -0.25) is 14.6 Å². The lowest BCUT2D eigenvalue weighted by molar-refractivity contribution is 0.0822. The number of ketones is 1. The van der Waals surface area contributed by atoms with E-state index in [1.54, 1.807) is 0 Å². The van der Waals surface area contributed by atoms with Crippen LogP contribution in [0.5, 0.6) is 0 Å². The Morgan fingerprint density at radius 3 is 2.28 bits per heavy atom. The summed E-state index contributed by atoms with van der Waals surface area (Å²) < 4.78 is 0. The normalized spacial score (nSPS) is 17.8. The van der Waals surface area contributed by atoms with Crippen LogP contribution in [-0.4, -0.2) is 66.6 Å². The highest BCUT2D eigenvalue weighted by atomic mass is 16.3. The summed E-state index contributed by atoms with van der Waals surface area (Å²) in [6.07, 6.45) is 0. The molecule has 1 saturated heterocycles. The van der Waals surface area contributed by atoms with Gasteiger partial charge in [-0.15, -0.1) is 0 Å². The van der Waals surface area contributed by atoms with Gasteiger partial charge in [-0.25, -0.2) is 0 Å². The van der Waals surface area contributed by atoms with E-state index in [1.165, 1.54) is 0 Å². The average Bonchev–Trinajstić information content (AvgIpc) is 2.42. The number of piperazine rings is 1. The molecule has 4 nitrogen and oxygen atoms in total. The second kappa shape index (κ2) is 6.64. The zero-order chi connectivity index (χ0) is 12.8. The van der Waals surface area contributed by atoms with Crippen LogP contribution >= 0.6 is 0 Å². The number of carbonyl (C=O) groups is 1. The van der Waals surface area contributed by atoms with E-state index in [4.69, 9.17) is 5.11 Å². The molecule has 0 atom stereocenters. The summed E-state index contributed by atoms with van der Waals surface area (Å²) in [4.78, 5) is 16.4. The van der Waals surface area contributed by atoms with Crippen LogP contribution in [0.4, 0.5) is 0 Å². The number of Topliss-reactive ketones (excluding diaryl/α,β-unsaturated/α-hetero) is 1. The summed E-state index contributed by atoms with van der Waals surface area (Å²) in [5, 5.41) is 8.87. The van der Waals surface area contributed by atoms with E-state index in [-0.39, 0.29) is 12.4 Å². The molecule has 98 valence electrons. The molecule has 1 aliphatic heterocycles. The number of hydrogen-bond acceptors (Lipinski definition) is 4. The Labute approximate surface area is 108 Å². The van der Waals surface area contributed by atoms with E-state index >= 15 is 0 Å². The Morgan fingerprint density at radius 1 is 1.06 bits per heavy atom. The molecule has 4 heteroatoms. The lowest BCUT2D eigenvalue weighted by Crippen LogP contribution is -2.48. The number of benzene rings is 1. The maximum Gasteiger partial charge on any atom is 0.176 e. The maximum absolute atomic E-state index is 12.0. The number of carbonyl (C=O) groups excluding carboxylic acids is 1. The summed E-state index contributed by atoms with van der Waals surface area (Å²) >= 11 is 0. The summed E-state index contributed by atoms with van der Waals surface area (Å²) in [7, 11) is 0. The fourth-order valence-electron chi connectivity index (χ4n) is 2.23. The Hall–Kier alpha value is -1.23. The molecule has 0 spiro atoms. The number of aliphatic hydroxyl groups is 1. The molecule has 1 aromatic carbocycles. The molecule has 1 fully saturated rings. The van der Waals surface area contributed by atoms with E-state index in [2.05, 4.69) is 9.80 Å². The minimum atomic E-state index is 0.186. The molecule has 0 radical (unpaired) electrons. The van der Waals surface area contributed by atoms with Gasteiger partial charge in [0.2, 0.25) is 0 Å². The van der Waals surface area contributed by atoms with Gasteiger partial charge < -0.3 is 5.11 Å². The summed E-state index contributed by atoms with van der Waals surface area (Å²) in [5.74, 6) is 0.186. The van der Waals surface area contributed by atoms with Crippen molar-refractivity contribution in [1.82, 2.24) is 9.80 Å². The summed E-state index contributed by atoms with van der Waals surface area (Å²) in [6, 6.07) is 9.44. The molecule has 0 aliphatic carbocycles. The first kappa shape index (κ1) is 13.2. The molecule has 0 saturated carbocycles. The number of hydrogen-bond donors (Lipinski definition) is 1. The fraction of sp³-hybridized carbons (Fsp3) is 0.500. The summed E-state index contributed by atoms with van der Waals surface area (Å²) in [5.41, 5.74) is 0.787. The first-order valence-electron chi connectivity index (χ1n) is 6.43. The van der Waals surface area contributed by atoms with E-state index < -0.39 is 0 Å². The molecule has 2 rings (SSSR count). The standard InChI is InChI=1S/C14H20N2O2/c17-11-10-15-6-8-16(9-7-15)12-14(18)13-4-2-1-3-5-13/h1-5,17H,6-12H2. The molecule has 0 amide bonds. The highest BCUT2D eigenvalue weighted by Crippen LogP contribution is 2.05. The van der Waals surface area contributed by atoms with Gasteiger partial charge in [0.15, 0.2) is 5.78 Å². The fourth-order valence-corrected chi connectivity index (χ4v) is 2.23. The van der Waals surface area contributed by atoms with Crippen LogP contribution in [0.3, 0.4) is 0 Å². The quantitative estimate of drug-likeness (QED) is 0.770. The van der Waals surface area contributed by atoms with Gasteiger partial charge in [0.1, 0.15) is 0 Å². The number of β-amino-alcohol motifs (C(OH)–C–C–N with tert-alkyl or cyclic N) is 1. The van der Waals surface area contributed by atoms with E-state index in [0.717, 1.165) is 38.3 Å². The van der Waals surface area contributed by atoms with Gasteiger partial charge in [0, 0.05) is 38.3 Å².